The Morgan fingerprint density at radius 1 is 1.31 bits per heavy atom. The van der Waals surface area contributed by atoms with Gasteiger partial charge in [0.2, 0.25) is 0 Å². The minimum atomic E-state index is -0.748. The third-order valence-electron chi connectivity index (χ3n) is 2.18. The number of carbonyl (C=O) groups is 3. The second-order valence-electron chi connectivity index (χ2n) is 3.00. The van der Waals surface area contributed by atoms with Crippen molar-refractivity contribution in [3.8, 4) is 0 Å². The fraction of sp³-hybridized carbons (Fsp3) is 0.571. The van der Waals surface area contributed by atoms with Crippen LogP contribution in [0.3, 0.4) is 0 Å². The predicted molar refractivity (Wildman–Crippen MR) is 39.5 cm³/mol. The highest BCUT2D eigenvalue weighted by molar-refractivity contribution is 6.06. The molecule has 2 N–H and O–H groups in total. The smallest absolute Gasteiger partial charge is 0.322 e. The Balaban J connectivity index is 2.12. The first kappa shape index (κ1) is 8.03. The van der Waals surface area contributed by atoms with Crippen molar-refractivity contribution in [1.29, 1.82) is 0 Å². The highest BCUT2D eigenvalue weighted by Gasteiger charge is 2.43. The van der Waals surface area contributed by atoms with E-state index in [1.54, 1.807) is 0 Å². The van der Waals surface area contributed by atoms with Crippen LogP contribution in [0.2, 0.25) is 0 Å². The van der Waals surface area contributed by atoms with Crippen LogP contribution in [0.25, 0.3) is 0 Å². The Kier molecular flexibility index (Phi) is 1.68. The summed E-state index contributed by atoms with van der Waals surface area (Å²) in [5.74, 6) is -1.39. The fourth-order valence-corrected chi connectivity index (χ4v) is 1.53. The zero-order valence-electron chi connectivity index (χ0n) is 6.70. The first-order valence-corrected chi connectivity index (χ1v) is 3.96. The number of amides is 3. The highest BCUT2D eigenvalue weighted by atomic mass is 16.5. The lowest BCUT2D eigenvalue weighted by atomic mass is 9.99. The monoisotopic (exact) mass is 184 g/mol. The molecule has 0 aromatic rings. The summed E-state index contributed by atoms with van der Waals surface area (Å²) in [7, 11) is 0. The average molecular weight is 184 g/mol. The van der Waals surface area contributed by atoms with Gasteiger partial charge in [0.05, 0.1) is 12.5 Å². The Labute approximate surface area is 73.6 Å². The number of imide groups is 1. The van der Waals surface area contributed by atoms with Crippen LogP contribution in [-0.4, -0.2) is 30.6 Å². The van der Waals surface area contributed by atoms with Gasteiger partial charge in [-0.1, -0.05) is 0 Å². The molecule has 0 bridgehead atoms. The lowest BCUT2D eigenvalue weighted by Gasteiger charge is -2.10. The number of urea groups is 1. The van der Waals surface area contributed by atoms with E-state index in [1.165, 1.54) is 0 Å². The zero-order valence-corrected chi connectivity index (χ0v) is 6.70. The van der Waals surface area contributed by atoms with Gasteiger partial charge in [-0.05, 0) is 6.42 Å². The van der Waals surface area contributed by atoms with Crippen molar-refractivity contribution in [3.63, 3.8) is 0 Å². The molecule has 13 heavy (non-hydrogen) atoms. The average Bonchev–Trinajstić information content (AvgIpc) is 2.58. The Bertz CT molecular complexity index is 288. The molecule has 2 unspecified atom stereocenters. The van der Waals surface area contributed by atoms with Crippen LogP contribution < -0.4 is 10.6 Å². The topological polar surface area (TPSA) is 84.5 Å². The molecule has 0 aromatic carbocycles. The summed E-state index contributed by atoms with van der Waals surface area (Å²) in [5, 5.41) is 4.44. The van der Waals surface area contributed by atoms with E-state index in [2.05, 4.69) is 10.6 Å². The second kappa shape index (κ2) is 2.72. The van der Waals surface area contributed by atoms with Crippen molar-refractivity contribution < 1.29 is 19.1 Å². The molecule has 2 aliphatic rings. The lowest BCUT2D eigenvalue weighted by molar-refractivity contribution is -0.143. The van der Waals surface area contributed by atoms with E-state index < -0.39 is 29.9 Å². The zero-order chi connectivity index (χ0) is 9.42. The molecule has 6 nitrogen and oxygen atoms in total. The molecule has 3 amide bonds. The quantitative estimate of drug-likeness (QED) is 0.394. The number of esters is 1. The van der Waals surface area contributed by atoms with E-state index in [0.29, 0.717) is 13.0 Å². The van der Waals surface area contributed by atoms with Crippen LogP contribution in [0.4, 0.5) is 4.79 Å². The third kappa shape index (κ3) is 1.24. The van der Waals surface area contributed by atoms with Crippen molar-refractivity contribution in [2.45, 2.75) is 12.5 Å². The number of nitrogens with one attached hydrogen (secondary N) is 2. The standard InChI is InChI=1S/C7H8N2O4/c10-5-4(8-7(12)9-5)3-1-2-13-6(3)11/h3-4H,1-2H2,(H2,8,9,10,12). The third-order valence-corrected chi connectivity index (χ3v) is 2.18. The minimum Gasteiger partial charge on any atom is -0.465 e. The van der Waals surface area contributed by atoms with Crippen LogP contribution in [0.15, 0.2) is 0 Å². The fourth-order valence-electron chi connectivity index (χ4n) is 1.53. The molecule has 2 aliphatic heterocycles. The molecule has 0 aromatic heterocycles. The van der Waals surface area contributed by atoms with Gasteiger partial charge in [-0.3, -0.25) is 14.9 Å². The molecule has 0 radical (unpaired) electrons. The summed E-state index contributed by atoms with van der Waals surface area (Å²) >= 11 is 0. The van der Waals surface area contributed by atoms with Gasteiger partial charge in [-0.25, -0.2) is 4.79 Å². The lowest BCUT2D eigenvalue weighted by Crippen LogP contribution is -2.39. The summed E-state index contributed by atoms with van der Waals surface area (Å²) in [6.07, 6.45) is 0.483. The van der Waals surface area contributed by atoms with Gasteiger partial charge in [0, 0.05) is 0 Å². The van der Waals surface area contributed by atoms with Crippen molar-refractivity contribution in [2.24, 2.45) is 5.92 Å². The second-order valence-corrected chi connectivity index (χ2v) is 3.00. The van der Waals surface area contributed by atoms with E-state index >= 15 is 0 Å². The SMILES string of the molecule is O=C1NC(=O)C(C2CCOC2=O)N1. The molecule has 2 heterocycles. The normalized spacial score (nSPS) is 32.8. The van der Waals surface area contributed by atoms with E-state index in [0.717, 1.165) is 0 Å². The van der Waals surface area contributed by atoms with Gasteiger partial charge in [0.25, 0.3) is 5.91 Å². The van der Waals surface area contributed by atoms with Crippen LogP contribution in [0.5, 0.6) is 0 Å². The Hall–Kier alpha value is -1.59. The molecule has 0 saturated carbocycles. The molecule has 2 saturated heterocycles. The van der Waals surface area contributed by atoms with Gasteiger partial charge < -0.3 is 10.1 Å². The number of hydrogen-bond donors (Lipinski definition) is 2. The number of rotatable bonds is 1. The number of carbonyl (C=O) groups excluding carboxylic acids is 3. The van der Waals surface area contributed by atoms with Crippen LogP contribution in [0.1, 0.15) is 6.42 Å². The van der Waals surface area contributed by atoms with Gasteiger partial charge in [-0.2, -0.15) is 0 Å². The maximum Gasteiger partial charge on any atom is 0.322 e. The number of hydrogen-bond acceptors (Lipinski definition) is 4. The number of cyclic esters (lactones) is 1. The van der Waals surface area contributed by atoms with Crippen molar-refractivity contribution in [2.75, 3.05) is 6.61 Å². The highest BCUT2D eigenvalue weighted by Crippen LogP contribution is 2.20. The van der Waals surface area contributed by atoms with Gasteiger partial charge in [-0.15, -0.1) is 0 Å². The summed E-state index contributed by atoms with van der Waals surface area (Å²) < 4.78 is 4.69. The molecule has 0 spiro atoms. The van der Waals surface area contributed by atoms with Gasteiger partial charge >= 0.3 is 12.0 Å². The molecular formula is C7H8N2O4. The van der Waals surface area contributed by atoms with E-state index in [4.69, 9.17) is 4.74 Å². The number of ether oxygens (including phenoxy) is 1. The molecule has 2 atom stereocenters. The molecular weight excluding hydrogens is 176 g/mol. The first-order chi connectivity index (χ1) is 6.18. The minimum absolute atomic E-state index is 0.323. The summed E-state index contributed by atoms with van der Waals surface area (Å²) in [5.41, 5.74) is 0. The van der Waals surface area contributed by atoms with E-state index in [1.807, 2.05) is 0 Å². The molecule has 2 rings (SSSR count). The van der Waals surface area contributed by atoms with Crippen molar-refractivity contribution >= 4 is 17.9 Å². The van der Waals surface area contributed by atoms with E-state index in [-0.39, 0.29) is 0 Å². The summed E-state index contributed by atoms with van der Waals surface area (Å²) in [4.78, 5) is 32.9. The van der Waals surface area contributed by atoms with Gasteiger partial charge in [0.1, 0.15) is 6.04 Å². The van der Waals surface area contributed by atoms with Crippen molar-refractivity contribution in [3.05, 3.63) is 0 Å². The van der Waals surface area contributed by atoms with Crippen LogP contribution >= 0.6 is 0 Å². The van der Waals surface area contributed by atoms with Crippen LogP contribution in [0, 0.1) is 5.92 Å². The largest absolute Gasteiger partial charge is 0.465 e. The van der Waals surface area contributed by atoms with Gasteiger partial charge in [0.15, 0.2) is 0 Å². The Morgan fingerprint density at radius 2 is 2.08 bits per heavy atom. The van der Waals surface area contributed by atoms with Crippen molar-refractivity contribution in [1.82, 2.24) is 10.6 Å². The molecule has 6 heteroatoms. The first-order valence-electron chi connectivity index (χ1n) is 3.96. The predicted octanol–water partition coefficient (Wildman–Crippen LogP) is -1.24. The van der Waals surface area contributed by atoms with E-state index in [9.17, 15) is 14.4 Å². The molecule has 70 valence electrons. The van der Waals surface area contributed by atoms with Crippen LogP contribution in [-0.2, 0) is 14.3 Å². The molecule has 0 aliphatic carbocycles. The Morgan fingerprint density at radius 3 is 2.54 bits per heavy atom. The maximum atomic E-state index is 11.1. The molecule has 2 fully saturated rings. The summed E-state index contributed by atoms with van der Waals surface area (Å²) in [6.45, 7) is 0.323. The summed E-state index contributed by atoms with van der Waals surface area (Å²) in [6, 6.07) is -1.29. The maximum absolute atomic E-state index is 11.1.